The van der Waals surface area contributed by atoms with Crippen molar-refractivity contribution in [3.8, 4) is 5.75 Å². The van der Waals surface area contributed by atoms with E-state index in [0.717, 1.165) is 25.2 Å². The second-order valence-electron chi connectivity index (χ2n) is 4.74. The molecule has 2 unspecified atom stereocenters. The van der Waals surface area contributed by atoms with Gasteiger partial charge in [0.2, 0.25) is 0 Å². The standard InChI is InChI=1S/C15H23NO3/c1-3-18-8-9-19-14-7-4-11-10-12(17-2)5-6-13(11)15(14)16/h5-6,10,14-15H,3-4,7-9,16H2,1-2H3. The van der Waals surface area contributed by atoms with Crippen LogP contribution in [0.1, 0.15) is 30.5 Å². The van der Waals surface area contributed by atoms with Crippen molar-refractivity contribution in [1.82, 2.24) is 0 Å². The summed E-state index contributed by atoms with van der Waals surface area (Å²) >= 11 is 0. The molecule has 106 valence electrons. The van der Waals surface area contributed by atoms with Crippen LogP contribution in [0, 0.1) is 0 Å². The minimum absolute atomic E-state index is 0.0590. The Balaban J connectivity index is 1.97. The molecule has 1 aliphatic carbocycles. The molecule has 0 fully saturated rings. The summed E-state index contributed by atoms with van der Waals surface area (Å²) in [7, 11) is 1.68. The first kappa shape index (κ1) is 14.3. The Bertz CT molecular complexity index is 408. The van der Waals surface area contributed by atoms with Gasteiger partial charge in [-0.2, -0.15) is 0 Å². The summed E-state index contributed by atoms with van der Waals surface area (Å²) in [5.74, 6) is 0.890. The van der Waals surface area contributed by atoms with Crippen molar-refractivity contribution in [1.29, 1.82) is 0 Å². The number of rotatable bonds is 6. The Hall–Kier alpha value is -1.10. The van der Waals surface area contributed by atoms with Gasteiger partial charge >= 0.3 is 0 Å². The zero-order valence-electron chi connectivity index (χ0n) is 11.7. The predicted octanol–water partition coefficient (Wildman–Crippen LogP) is 2.06. The van der Waals surface area contributed by atoms with Crippen LogP contribution in [-0.2, 0) is 15.9 Å². The third-order valence-corrected chi connectivity index (χ3v) is 3.57. The van der Waals surface area contributed by atoms with E-state index in [1.54, 1.807) is 7.11 Å². The van der Waals surface area contributed by atoms with Crippen LogP contribution in [0.5, 0.6) is 5.75 Å². The summed E-state index contributed by atoms with van der Waals surface area (Å²) in [5.41, 5.74) is 8.74. The van der Waals surface area contributed by atoms with Crippen molar-refractivity contribution in [3.63, 3.8) is 0 Å². The maximum atomic E-state index is 6.29. The van der Waals surface area contributed by atoms with Crippen LogP contribution in [-0.4, -0.2) is 33.0 Å². The Kier molecular flexibility index (Phi) is 5.19. The van der Waals surface area contributed by atoms with Gasteiger partial charge in [-0.1, -0.05) is 6.07 Å². The fourth-order valence-electron chi connectivity index (χ4n) is 2.52. The van der Waals surface area contributed by atoms with Crippen LogP contribution in [0.25, 0.3) is 0 Å². The van der Waals surface area contributed by atoms with Crippen molar-refractivity contribution >= 4 is 0 Å². The first-order chi connectivity index (χ1) is 9.26. The number of methoxy groups -OCH3 is 1. The van der Waals surface area contributed by atoms with E-state index in [1.807, 2.05) is 13.0 Å². The lowest BCUT2D eigenvalue weighted by molar-refractivity contribution is -0.0105. The molecular formula is C15H23NO3. The van der Waals surface area contributed by atoms with Crippen LogP contribution < -0.4 is 10.5 Å². The molecule has 2 N–H and O–H groups in total. The highest BCUT2D eigenvalue weighted by molar-refractivity contribution is 5.39. The quantitative estimate of drug-likeness (QED) is 0.800. The SMILES string of the molecule is CCOCCOC1CCc2cc(OC)ccc2C1N. The monoisotopic (exact) mass is 265 g/mol. The molecule has 0 bridgehead atoms. The second kappa shape index (κ2) is 6.89. The summed E-state index contributed by atoms with van der Waals surface area (Å²) < 4.78 is 16.4. The fourth-order valence-corrected chi connectivity index (χ4v) is 2.52. The molecule has 4 nitrogen and oxygen atoms in total. The molecule has 4 heteroatoms. The third kappa shape index (κ3) is 3.47. The van der Waals surface area contributed by atoms with Crippen LogP contribution in [0.3, 0.4) is 0 Å². The van der Waals surface area contributed by atoms with Crippen molar-refractivity contribution in [2.24, 2.45) is 5.73 Å². The van der Waals surface area contributed by atoms with Crippen molar-refractivity contribution in [2.45, 2.75) is 31.9 Å². The maximum Gasteiger partial charge on any atom is 0.119 e. The van der Waals surface area contributed by atoms with Gasteiger partial charge < -0.3 is 19.9 Å². The number of nitrogens with two attached hydrogens (primary N) is 1. The van der Waals surface area contributed by atoms with Gasteiger partial charge in [0, 0.05) is 6.61 Å². The zero-order chi connectivity index (χ0) is 13.7. The number of hydrogen-bond acceptors (Lipinski definition) is 4. The van der Waals surface area contributed by atoms with E-state index in [4.69, 9.17) is 19.9 Å². The molecule has 0 amide bonds. The van der Waals surface area contributed by atoms with Gasteiger partial charge in [0.25, 0.3) is 0 Å². The van der Waals surface area contributed by atoms with Gasteiger partial charge in [-0.05, 0) is 43.0 Å². The van der Waals surface area contributed by atoms with Gasteiger partial charge in [-0.15, -0.1) is 0 Å². The number of ether oxygens (including phenoxy) is 3. The molecule has 2 rings (SSSR count). The molecule has 0 spiro atoms. The molecule has 19 heavy (non-hydrogen) atoms. The van der Waals surface area contributed by atoms with Gasteiger partial charge in [0.1, 0.15) is 5.75 Å². The molecule has 0 aromatic heterocycles. The maximum absolute atomic E-state index is 6.29. The highest BCUT2D eigenvalue weighted by atomic mass is 16.5. The summed E-state index contributed by atoms with van der Waals surface area (Å²) in [4.78, 5) is 0. The average molecular weight is 265 g/mol. The second-order valence-corrected chi connectivity index (χ2v) is 4.74. The molecule has 1 aromatic rings. The Morgan fingerprint density at radius 3 is 2.89 bits per heavy atom. The molecular weight excluding hydrogens is 242 g/mol. The molecule has 1 aliphatic rings. The lowest BCUT2D eigenvalue weighted by Gasteiger charge is -2.31. The van der Waals surface area contributed by atoms with Gasteiger partial charge in [-0.25, -0.2) is 0 Å². The lowest BCUT2D eigenvalue weighted by Crippen LogP contribution is -2.34. The number of aryl methyl sites for hydroxylation is 1. The minimum atomic E-state index is -0.0590. The molecule has 1 aromatic carbocycles. The first-order valence-corrected chi connectivity index (χ1v) is 6.88. The molecule has 0 saturated heterocycles. The Labute approximate surface area is 114 Å². The molecule has 2 atom stereocenters. The van der Waals surface area contributed by atoms with Crippen molar-refractivity contribution < 1.29 is 14.2 Å². The molecule has 0 aliphatic heterocycles. The summed E-state index contributed by atoms with van der Waals surface area (Å²) in [6.07, 6.45) is 2.02. The zero-order valence-corrected chi connectivity index (χ0v) is 11.7. The normalized spacial score (nSPS) is 22.1. The van der Waals surface area contributed by atoms with Crippen LogP contribution in [0.2, 0.25) is 0 Å². The fraction of sp³-hybridized carbons (Fsp3) is 0.600. The van der Waals surface area contributed by atoms with E-state index in [0.29, 0.717) is 13.2 Å². The van der Waals surface area contributed by atoms with Gasteiger partial charge in [0.05, 0.1) is 32.5 Å². The summed E-state index contributed by atoms with van der Waals surface area (Å²) in [5, 5.41) is 0. The van der Waals surface area contributed by atoms with E-state index in [1.165, 1.54) is 11.1 Å². The van der Waals surface area contributed by atoms with Crippen molar-refractivity contribution in [2.75, 3.05) is 26.9 Å². The topological polar surface area (TPSA) is 53.7 Å². The van der Waals surface area contributed by atoms with Crippen LogP contribution in [0.4, 0.5) is 0 Å². The average Bonchev–Trinajstić information content (AvgIpc) is 2.45. The molecule has 0 saturated carbocycles. The van der Waals surface area contributed by atoms with E-state index < -0.39 is 0 Å². The minimum Gasteiger partial charge on any atom is -0.497 e. The van der Waals surface area contributed by atoms with E-state index >= 15 is 0 Å². The highest BCUT2D eigenvalue weighted by Crippen LogP contribution is 2.32. The number of hydrogen-bond donors (Lipinski definition) is 1. The number of fused-ring (bicyclic) bond motifs is 1. The summed E-state index contributed by atoms with van der Waals surface area (Å²) in [6.45, 7) is 3.95. The number of benzene rings is 1. The van der Waals surface area contributed by atoms with Gasteiger partial charge in [-0.3, -0.25) is 0 Å². The Morgan fingerprint density at radius 1 is 1.32 bits per heavy atom. The van der Waals surface area contributed by atoms with Crippen LogP contribution in [0.15, 0.2) is 18.2 Å². The largest absolute Gasteiger partial charge is 0.497 e. The Morgan fingerprint density at radius 2 is 2.16 bits per heavy atom. The smallest absolute Gasteiger partial charge is 0.119 e. The molecule has 0 radical (unpaired) electrons. The molecule has 0 heterocycles. The predicted molar refractivity (Wildman–Crippen MR) is 74.5 cm³/mol. The van der Waals surface area contributed by atoms with Crippen LogP contribution >= 0.6 is 0 Å². The highest BCUT2D eigenvalue weighted by Gasteiger charge is 2.27. The van der Waals surface area contributed by atoms with E-state index in [9.17, 15) is 0 Å². The lowest BCUT2D eigenvalue weighted by atomic mass is 9.86. The van der Waals surface area contributed by atoms with Crippen molar-refractivity contribution in [3.05, 3.63) is 29.3 Å². The third-order valence-electron chi connectivity index (χ3n) is 3.57. The van der Waals surface area contributed by atoms with E-state index in [-0.39, 0.29) is 12.1 Å². The summed E-state index contributed by atoms with van der Waals surface area (Å²) in [6, 6.07) is 6.03. The van der Waals surface area contributed by atoms with Gasteiger partial charge in [0.15, 0.2) is 0 Å². The first-order valence-electron chi connectivity index (χ1n) is 6.88. The van der Waals surface area contributed by atoms with E-state index in [2.05, 4.69) is 12.1 Å².